The van der Waals surface area contributed by atoms with Gasteiger partial charge in [0.15, 0.2) is 0 Å². The zero-order valence-corrected chi connectivity index (χ0v) is 15.1. The molecular formula is C18H19N3O4S. The van der Waals surface area contributed by atoms with Crippen molar-refractivity contribution in [1.29, 1.82) is 0 Å². The monoisotopic (exact) mass is 373 g/mol. The summed E-state index contributed by atoms with van der Waals surface area (Å²) in [5.41, 5.74) is 0.684. The predicted molar refractivity (Wildman–Crippen MR) is 101 cm³/mol. The molecule has 0 unspecified atom stereocenters. The van der Waals surface area contributed by atoms with Crippen molar-refractivity contribution in [2.24, 2.45) is 0 Å². The molecule has 0 aromatic heterocycles. The molecule has 1 fully saturated rings. The van der Waals surface area contributed by atoms with Crippen molar-refractivity contribution in [2.45, 2.75) is 4.90 Å². The van der Waals surface area contributed by atoms with Gasteiger partial charge in [0.1, 0.15) is 11.3 Å². The SMILES string of the molecule is CSc1ccc([N+](=O)[O-])c(C(=O)N2CCN(c3ccccc3O)CC2)c1. The van der Waals surface area contributed by atoms with Crippen LogP contribution in [0.5, 0.6) is 5.75 Å². The number of piperazine rings is 1. The average molecular weight is 373 g/mol. The number of hydrogen-bond donors (Lipinski definition) is 1. The van der Waals surface area contributed by atoms with Gasteiger partial charge in [-0.25, -0.2) is 0 Å². The van der Waals surface area contributed by atoms with E-state index in [9.17, 15) is 20.0 Å². The van der Waals surface area contributed by atoms with Crippen LogP contribution in [0, 0.1) is 10.1 Å². The first-order valence-electron chi connectivity index (χ1n) is 8.16. The Morgan fingerprint density at radius 3 is 2.46 bits per heavy atom. The minimum atomic E-state index is -0.518. The summed E-state index contributed by atoms with van der Waals surface area (Å²) >= 11 is 1.44. The summed E-state index contributed by atoms with van der Waals surface area (Å²) in [6.45, 7) is 1.99. The van der Waals surface area contributed by atoms with E-state index in [0.717, 1.165) is 10.6 Å². The van der Waals surface area contributed by atoms with Gasteiger partial charge < -0.3 is 14.9 Å². The van der Waals surface area contributed by atoms with E-state index in [2.05, 4.69) is 0 Å². The van der Waals surface area contributed by atoms with Gasteiger partial charge in [-0.1, -0.05) is 12.1 Å². The molecule has 1 N–H and O–H groups in total. The second-order valence-corrected chi connectivity index (χ2v) is 6.79. The van der Waals surface area contributed by atoms with Crippen molar-refractivity contribution < 1.29 is 14.8 Å². The molecule has 1 aliphatic heterocycles. The van der Waals surface area contributed by atoms with Crippen LogP contribution in [0.2, 0.25) is 0 Å². The lowest BCUT2D eigenvalue weighted by atomic mass is 10.1. The van der Waals surface area contributed by atoms with Gasteiger partial charge in [-0.3, -0.25) is 14.9 Å². The molecule has 0 radical (unpaired) electrons. The van der Waals surface area contributed by atoms with Crippen LogP contribution in [0.4, 0.5) is 11.4 Å². The fraction of sp³-hybridized carbons (Fsp3) is 0.278. The molecule has 0 saturated carbocycles. The number of hydrogen-bond acceptors (Lipinski definition) is 6. The highest BCUT2D eigenvalue weighted by molar-refractivity contribution is 7.98. The molecule has 1 saturated heterocycles. The topological polar surface area (TPSA) is 86.9 Å². The number of amides is 1. The summed E-state index contributed by atoms with van der Waals surface area (Å²) in [6, 6.07) is 11.7. The summed E-state index contributed by atoms with van der Waals surface area (Å²) in [4.78, 5) is 28.1. The molecule has 3 rings (SSSR count). The van der Waals surface area contributed by atoms with E-state index in [-0.39, 0.29) is 22.9 Å². The number of anilines is 1. The van der Waals surface area contributed by atoms with Crippen LogP contribution in [0.1, 0.15) is 10.4 Å². The van der Waals surface area contributed by atoms with Crippen LogP contribution < -0.4 is 4.90 Å². The predicted octanol–water partition coefficient (Wildman–Crippen LogP) is 2.98. The van der Waals surface area contributed by atoms with Gasteiger partial charge in [-0.2, -0.15) is 0 Å². The van der Waals surface area contributed by atoms with Crippen LogP contribution in [-0.4, -0.2) is 53.3 Å². The van der Waals surface area contributed by atoms with Gasteiger partial charge >= 0.3 is 0 Å². The van der Waals surface area contributed by atoms with Gasteiger partial charge in [0.05, 0.1) is 10.6 Å². The molecular weight excluding hydrogens is 354 g/mol. The molecule has 1 amide bonds. The molecule has 2 aromatic rings. The number of carbonyl (C=O) groups is 1. The van der Waals surface area contributed by atoms with Crippen LogP contribution >= 0.6 is 11.8 Å². The zero-order chi connectivity index (χ0) is 18.7. The van der Waals surface area contributed by atoms with Gasteiger partial charge in [0, 0.05) is 37.1 Å². The maximum Gasteiger partial charge on any atom is 0.282 e. The molecule has 7 nitrogen and oxygen atoms in total. The molecule has 0 atom stereocenters. The first-order chi connectivity index (χ1) is 12.5. The van der Waals surface area contributed by atoms with Crippen molar-refractivity contribution in [3.05, 3.63) is 58.1 Å². The van der Waals surface area contributed by atoms with Gasteiger partial charge in [-0.05, 0) is 30.5 Å². The van der Waals surface area contributed by atoms with E-state index < -0.39 is 4.92 Å². The quantitative estimate of drug-likeness (QED) is 0.504. The molecule has 0 bridgehead atoms. The number of thioether (sulfide) groups is 1. The Morgan fingerprint density at radius 1 is 1.15 bits per heavy atom. The van der Waals surface area contributed by atoms with Gasteiger partial charge in [0.25, 0.3) is 11.6 Å². The zero-order valence-electron chi connectivity index (χ0n) is 14.3. The number of benzene rings is 2. The molecule has 0 aliphatic carbocycles. The highest BCUT2D eigenvalue weighted by Crippen LogP contribution is 2.29. The number of nitrogens with zero attached hydrogens (tertiary/aromatic N) is 3. The number of aromatic hydroxyl groups is 1. The maximum atomic E-state index is 12.8. The van der Waals surface area contributed by atoms with E-state index in [1.54, 1.807) is 29.2 Å². The van der Waals surface area contributed by atoms with Crippen molar-refractivity contribution in [2.75, 3.05) is 37.3 Å². The summed E-state index contributed by atoms with van der Waals surface area (Å²) in [5, 5.41) is 21.2. The minimum absolute atomic E-state index is 0.123. The fourth-order valence-corrected chi connectivity index (χ4v) is 3.46. The number of nitro benzene ring substituents is 1. The van der Waals surface area contributed by atoms with Crippen LogP contribution in [0.25, 0.3) is 0 Å². The Bertz CT molecular complexity index is 835. The Morgan fingerprint density at radius 2 is 1.85 bits per heavy atom. The molecule has 136 valence electrons. The van der Waals surface area contributed by atoms with Crippen LogP contribution in [-0.2, 0) is 0 Å². The molecule has 0 spiro atoms. The van der Waals surface area contributed by atoms with E-state index >= 15 is 0 Å². The lowest BCUT2D eigenvalue weighted by Gasteiger charge is -2.36. The molecule has 1 heterocycles. The van der Waals surface area contributed by atoms with E-state index in [1.165, 1.54) is 17.8 Å². The third kappa shape index (κ3) is 3.60. The highest BCUT2D eigenvalue weighted by Gasteiger charge is 2.28. The summed E-state index contributed by atoms with van der Waals surface area (Å²) in [6.07, 6.45) is 1.86. The van der Waals surface area contributed by atoms with Crippen molar-refractivity contribution in [3.8, 4) is 5.75 Å². The lowest BCUT2D eigenvalue weighted by Crippen LogP contribution is -2.48. The first-order valence-corrected chi connectivity index (χ1v) is 9.38. The van der Waals surface area contributed by atoms with E-state index in [0.29, 0.717) is 26.2 Å². The standard InChI is InChI=1S/C18H19N3O4S/c1-26-13-6-7-15(21(24)25)14(12-13)18(23)20-10-8-19(9-11-20)16-4-2-3-5-17(16)22/h2-7,12,22H,8-11H2,1H3. The Kier molecular flexibility index (Phi) is 5.32. The van der Waals surface area contributed by atoms with Gasteiger partial charge in [0.2, 0.25) is 0 Å². The van der Waals surface area contributed by atoms with Crippen LogP contribution in [0.15, 0.2) is 47.4 Å². The van der Waals surface area contributed by atoms with Crippen molar-refractivity contribution >= 4 is 29.0 Å². The fourth-order valence-electron chi connectivity index (χ4n) is 3.02. The minimum Gasteiger partial charge on any atom is -0.506 e. The Labute approximate surface area is 155 Å². The molecule has 26 heavy (non-hydrogen) atoms. The smallest absolute Gasteiger partial charge is 0.282 e. The largest absolute Gasteiger partial charge is 0.506 e. The van der Waals surface area contributed by atoms with Crippen LogP contribution in [0.3, 0.4) is 0 Å². The maximum absolute atomic E-state index is 12.8. The third-order valence-electron chi connectivity index (χ3n) is 4.42. The molecule has 2 aromatic carbocycles. The highest BCUT2D eigenvalue weighted by atomic mass is 32.2. The number of nitro groups is 1. The second kappa shape index (κ2) is 7.65. The molecule has 1 aliphatic rings. The van der Waals surface area contributed by atoms with Crippen molar-refractivity contribution in [3.63, 3.8) is 0 Å². The Hall–Kier alpha value is -2.74. The lowest BCUT2D eigenvalue weighted by molar-refractivity contribution is -0.385. The second-order valence-electron chi connectivity index (χ2n) is 5.91. The molecule has 8 heteroatoms. The average Bonchev–Trinajstić information content (AvgIpc) is 2.67. The Balaban J connectivity index is 1.77. The first kappa shape index (κ1) is 18.1. The van der Waals surface area contributed by atoms with E-state index in [4.69, 9.17) is 0 Å². The third-order valence-corrected chi connectivity index (χ3v) is 5.15. The number of para-hydroxylation sites is 2. The summed E-state index contributed by atoms with van der Waals surface area (Å²) in [5.74, 6) is -0.125. The van der Waals surface area contributed by atoms with Crippen molar-refractivity contribution in [1.82, 2.24) is 4.90 Å². The van der Waals surface area contributed by atoms with Gasteiger partial charge in [-0.15, -0.1) is 11.8 Å². The number of phenolic OH excluding ortho intramolecular Hbond substituents is 1. The number of carbonyl (C=O) groups excluding carboxylic acids is 1. The number of rotatable bonds is 4. The summed E-state index contributed by atoms with van der Waals surface area (Å²) < 4.78 is 0. The summed E-state index contributed by atoms with van der Waals surface area (Å²) in [7, 11) is 0. The number of phenols is 1. The van der Waals surface area contributed by atoms with E-state index in [1.807, 2.05) is 23.3 Å². The normalized spacial score (nSPS) is 14.3.